The highest BCUT2D eigenvalue weighted by Crippen LogP contribution is 2.36. The largest absolute Gasteiger partial charge is 0.389 e. The minimum absolute atomic E-state index is 0.301. The fourth-order valence-corrected chi connectivity index (χ4v) is 4.06. The first kappa shape index (κ1) is 10.8. The lowest BCUT2D eigenvalue weighted by Crippen LogP contribution is -2.37. The Bertz CT molecular complexity index is 169. The molecule has 1 aliphatic heterocycles. The normalized spacial score (nSPS) is 35.8. The van der Waals surface area contributed by atoms with Gasteiger partial charge < -0.3 is 5.11 Å². The molecule has 82 valence electrons. The number of rotatable bonds is 2. The molecule has 0 aromatic heterocycles. The number of hydrogen-bond donors (Lipinski definition) is 1. The van der Waals surface area contributed by atoms with E-state index in [1.165, 1.54) is 44.3 Å². The molecule has 0 spiro atoms. The van der Waals surface area contributed by atoms with Crippen LogP contribution in [0.2, 0.25) is 0 Å². The van der Waals surface area contributed by atoms with E-state index in [1.54, 1.807) is 0 Å². The van der Waals surface area contributed by atoms with Gasteiger partial charge in [-0.1, -0.05) is 32.1 Å². The molecule has 1 aliphatic carbocycles. The van der Waals surface area contributed by atoms with Crippen molar-refractivity contribution >= 4 is 11.8 Å². The zero-order valence-electron chi connectivity index (χ0n) is 9.00. The summed E-state index contributed by atoms with van der Waals surface area (Å²) in [4.78, 5) is 0. The smallest absolute Gasteiger partial charge is 0.0740 e. The molecule has 0 aromatic rings. The average molecular weight is 214 g/mol. The fraction of sp³-hybridized carbons (Fsp3) is 1.00. The molecule has 1 saturated heterocycles. The van der Waals surface area contributed by atoms with Crippen molar-refractivity contribution < 1.29 is 5.11 Å². The molecule has 0 amide bonds. The quantitative estimate of drug-likeness (QED) is 0.761. The maximum Gasteiger partial charge on any atom is 0.0740 e. The zero-order chi connectivity index (χ0) is 9.86. The molecule has 2 aliphatic rings. The summed E-state index contributed by atoms with van der Waals surface area (Å²) in [5.41, 5.74) is -0.301. The molecule has 1 nitrogen and oxygen atoms in total. The Labute approximate surface area is 91.7 Å². The second-order valence-electron chi connectivity index (χ2n) is 5.09. The van der Waals surface area contributed by atoms with Crippen LogP contribution < -0.4 is 0 Å². The van der Waals surface area contributed by atoms with E-state index < -0.39 is 0 Å². The molecule has 1 unspecified atom stereocenters. The summed E-state index contributed by atoms with van der Waals surface area (Å²) in [7, 11) is 0. The number of thioether (sulfide) groups is 1. The van der Waals surface area contributed by atoms with Crippen molar-refractivity contribution in [3.8, 4) is 0 Å². The predicted molar refractivity (Wildman–Crippen MR) is 62.7 cm³/mol. The second kappa shape index (κ2) is 4.89. The maximum absolute atomic E-state index is 10.4. The maximum atomic E-state index is 10.4. The van der Waals surface area contributed by atoms with Gasteiger partial charge in [-0.2, -0.15) is 11.8 Å². The van der Waals surface area contributed by atoms with Gasteiger partial charge in [0.25, 0.3) is 0 Å². The summed E-state index contributed by atoms with van der Waals surface area (Å²) in [6.07, 6.45) is 10.3. The molecule has 1 N–H and O–H groups in total. The summed E-state index contributed by atoms with van der Waals surface area (Å²) < 4.78 is 0. The Morgan fingerprint density at radius 1 is 1.14 bits per heavy atom. The van der Waals surface area contributed by atoms with E-state index in [-0.39, 0.29) is 5.60 Å². The summed E-state index contributed by atoms with van der Waals surface area (Å²) in [6.45, 7) is 0. The molecule has 2 rings (SSSR count). The van der Waals surface area contributed by atoms with Crippen LogP contribution in [-0.4, -0.2) is 22.2 Å². The Morgan fingerprint density at radius 2 is 1.93 bits per heavy atom. The van der Waals surface area contributed by atoms with Crippen molar-refractivity contribution in [2.45, 2.75) is 57.0 Å². The van der Waals surface area contributed by atoms with Crippen LogP contribution in [0.25, 0.3) is 0 Å². The number of aliphatic hydroxyl groups is 1. The van der Waals surface area contributed by atoms with Crippen molar-refractivity contribution in [1.29, 1.82) is 0 Å². The van der Waals surface area contributed by atoms with Crippen LogP contribution >= 0.6 is 11.8 Å². The summed E-state index contributed by atoms with van der Waals surface area (Å²) in [5, 5.41) is 10.4. The molecule has 0 aromatic carbocycles. The van der Waals surface area contributed by atoms with E-state index in [2.05, 4.69) is 0 Å². The fourth-order valence-electron chi connectivity index (χ4n) is 2.93. The van der Waals surface area contributed by atoms with Gasteiger partial charge in [-0.15, -0.1) is 0 Å². The van der Waals surface area contributed by atoms with Crippen molar-refractivity contribution in [1.82, 2.24) is 0 Å². The van der Waals surface area contributed by atoms with E-state index in [0.29, 0.717) is 0 Å². The third-order valence-corrected chi connectivity index (χ3v) is 5.01. The van der Waals surface area contributed by atoms with Gasteiger partial charge in [0.15, 0.2) is 0 Å². The SMILES string of the molecule is OC1(CC2CCCCC2)CCCSC1. The predicted octanol–water partition coefficient (Wildman–Crippen LogP) is 3.21. The monoisotopic (exact) mass is 214 g/mol. The van der Waals surface area contributed by atoms with Crippen molar-refractivity contribution in [2.24, 2.45) is 5.92 Å². The summed E-state index contributed by atoms with van der Waals surface area (Å²) in [5.74, 6) is 3.07. The van der Waals surface area contributed by atoms with Crippen LogP contribution in [0.4, 0.5) is 0 Å². The van der Waals surface area contributed by atoms with Crippen molar-refractivity contribution in [3.05, 3.63) is 0 Å². The van der Waals surface area contributed by atoms with Crippen LogP contribution in [0.5, 0.6) is 0 Å². The Morgan fingerprint density at radius 3 is 2.57 bits per heavy atom. The van der Waals surface area contributed by atoms with Crippen LogP contribution in [0.3, 0.4) is 0 Å². The molecular weight excluding hydrogens is 192 g/mol. The zero-order valence-corrected chi connectivity index (χ0v) is 9.82. The topological polar surface area (TPSA) is 20.2 Å². The van der Waals surface area contributed by atoms with Gasteiger partial charge >= 0.3 is 0 Å². The third kappa shape index (κ3) is 2.90. The average Bonchev–Trinajstić information content (AvgIpc) is 2.19. The van der Waals surface area contributed by atoms with Gasteiger partial charge in [0.1, 0.15) is 0 Å². The lowest BCUT2D eigenvalue weighted by atomic mass is 9.80. The van der Waals surface area contributed by atoms with E-state index in [9.17, 15) is 5.11 Å². The molecule has 2 heteroatoms. The summed E-state index contributed by atoms with van der Waals surface area (Å²) in [6, 6.07) is 0. The highest BCUT2D eigenvalue weighted by atomic mass is 32.2. The first-order chi connectivity index (χ1) is 6.79. The van der Waals surface area contributed by atoms with Crippen molar-refractivity contribution in [2.75, 3.05) is 11.5 Å². The molecule has 1 atom stereocenters. The van der Waals surface area contributed by atoms with Gasteiger partial charge in [0.2, 0.25) is 0 Å². The lowest BCUT2D eigenvalue weighted by molar-refractivity contribution is 0.0214. The Hall–Kier alpha value is 0.310. The highest BCUT2D eigenvalue weighted by molar-refractivity contribution is 7.99. The van der Waals surface area contributed by atoms with Crippen LogP contribution in [0.15, 0.2) is 0 Å². The van der Waals surface area contributed by atoms with Gasteiger partial charge in [0.05, 0.1) is 5.60 Å². The van der Waals surface area contributed by atoms with Gasteiger partial charge in [-0.05, 0) is 30.9 Å². The number of hydrogen-bond acceptors (Lipinski definition) is 2. The molecule has 14 heavy (non-hydrogen) atoms. The molecule has 2 fully saturated rings. The minimum atomic E-state index is -0.301. The van der Waals surface area contributed by atoms with E-state index >= 15 is 0 Å². The van der Waals surface area contributed by atoms with Crippen LogP contribution in [-0.2, 0) is 0 Å². The van der Waals surface area contributed by atoms with Crippen LogP contribution in [0, 0.1) is 5.92 Å². The molecule has 1 saturated carbocycles. The van der Waals surface area contributed by atoms with E-state index in [4.69, 9.17) is 0 Å². The second-order valence-corrected chi connectivity index (χ2v) is 6.19. The molecule has 0 bridgehead atoms. The lowest BCUT2D eigenvalue weighted by Gasteiger charge is -2.36. The molecule has 0 radical (unpaired) electrons. The Kier molecular flexibility index (Phi) is 3.78. The first-order valence-corrected chi connectivity index (χ1v) is 7.24. The van der Waals surface area contributed by atoms with E-state index in [0.717, 1.165) is 24.5 Å². The molecular formula is C12H22OS. The highest BCUT2D eigenvalue weighted by Gasteiger charge is 2.32. The Balaban J connectivity index is 1.81. The van der Waals surface area contributed by atoms with Crippen molar-refractivity contribution in [3.63, 3.8) is 0 Å². The van der Waals surface area contributed by atoms with Crippen LogP contribution in [0.1, 0.15) is 51.4 Å². The first-order valence-electron chi connectivity index (χ1n) is 6.09. The van der Waals surface area contributed by atoms with Gasteiger partial charge in [-0.3, -0.25) is 0 Å². The molecule has 1 heterocycles. The third-order valence-electron chi connectivity index (χ3n) is 3.69. The van der Waals surface area contributed by atoms with Gasteiger partial charge in [0, 0.05) is 5.75 Å². The minimum Gasteiger partial charge on any atom is -0.389 e. The van der Waals surface area contributed by atoms with Gasteiger partial charge in [-0.25, -0.2) is 0 Å². The van der Waals surface area contributed by atoms with E-state index in [1.807, 2.05) is 11.8 Å². The summed E-state index contributed by atoms with van der Waals surface area (Å²) >= 11 is 1.94. The standard InChI is InChI=1S/C12H22OS/c13-12(7-4-8-14-10-12)9-11-5-2-1-3-6-11/h11,13H,1-10H2.